The van der Waals surface area contributed by atoms with E-state index < -0.39 is 17.7 Å². The van der Waals surface area contributed by atoms with E-state index in [1.54, 1.807) is 0 Å². The molecule has 0 saturated heterocycles. The Balaban J connectivity index is 2.53. The largest absolute Gasteiger partial charge is 0.481 e. The lowest BCUT2D eigenvalue weighted by Gasteiger charge is -2.06. The maximum Gasteiger partial charge on any atom is 0.303 e. The van der Waals surface area contributed by atoms with Gasteiger partial charge in [-0.25, -0.2) is 4.39 Å². The van der Waals surface area contributed by atoms with Crippen molar-refractivity contribution in [1.82, 2.24) is 5.32 Å². The Morgan fingerprint density at radius 1 is 1.41 bits per heavy atom. The summed E-state index contributed by atoms with van der Waals surface area (Å²) in [5, 5.41) is 10.6. The molecule has 0 heterocycles. The molecule has 0 atom stereocenters. The highest BCUT2D eigenvalue weighted by molar-refractivity contribution is 6.34. The van der Waals surface area contributed by atoms with Crippen LogP contribution in [0.2, 0.25) is 5.02 Å². The van der Waals surface area contributed by atoms with E-state index in [0.29, 0.717) is 6.42 Å². The zero-order valence-corrected chi connectivity index (χ0v) is 9.63. The molecule has 0 bridgehead atoms. The lowest BCUT2D eigenvalue weighted by Crippen LogP contribution is -2.25. The standard InChI is InChI=1S/C11H11ClFNO3/c12-10-7(3-1-4-8(10)13)11(17)14-6-2-5-9(15)16/h1,3-4H,2,5-6H2,(H,14,17)(H,15,16). The molecular formula is C11H11ClFNO3. The van der Waals surface area contributed by atoms with Gasteiger partial charge >= 0.3 is 5.97 Å². The van der Waals surface area contributed by atoms with Crippen LogP contribution >= 0.6 is 11.6 Å². The van der Waals surface area contributed by atoms with E-state index in [9.17, 15) is 14.0 Å². The summed E-state index contributed by atoms with van der Waals surface area (Å²) in [5.74, 6) is -2.10. The molecule has 6 heteroatoms. The number of nitrogens with one attached hydrogen (secondary N) is 1. The summed E-state index contributed by atoms with van der Waals surface area (Å²) in [6.45, 7) is 0.206. The Kier molecular flexibility index (Phi) is 4.90. The van der Waals surface area contributed by atoms with Gasteiger partial charge in [-0.1, -0.05) is 17.7 Å². The van der Waals surface area contributed by atoms with E-state index >= 15 is 0 Å². The van der Waals surface area contributed by atoms with Crippen LogP contribution in [0.5, 0.6) is 0 Å². The highest BCUT2D eigenvalue weighted by Gasteiger charge is 2.12. The molecule has 92 valence electrons. The average Bonchev–Trinajstić information content (AvgIpc) is 2.27. The Morgan fingerprint density at radius 3 is 2.76 bits per heavy atom. The van der Waals surface area contributed by atoms with Gasteiger partial charge in [-0.2, -0.15) is 0 Å². The third-order valence-electron chi connectivity index (χ3n) is 2.05. The Morgan fingerprint density at radius 2 is 2.12 bits per heavy atom. The van der Waals surface area contributed by atoms with Gasteiger partial charge in [0.25, 0.3) is 5.91 Å². The summed E-state index contributed by atoms with van der Waals surface area (Å²) < 4.78 is 13.0. The minimum atomic E-state index is -0.928. The van der Waals surface area contributed by atoms with Gasteiger partial charge in [0.05, 0.1) is 10.6 Å². The first kappa shape index (κ1) is 13.4. The quantitative estimate of drug-likeness (QED) is 0.796. The zero-order chi connectivity index (χ0) is 12.8. The van der Waals surface area contributed by atoms with E-state index in [2.05, 4.69) is 5.32 Å². The highest BCUT2D eigenvalue weighted by atomic mass is 35.5. The Labute approximate surface area is 102 Å². The summed E-state index contributed by atoms with van der Waals surface area (Å²) in [6.07, 6.45) is 0.283. The first-order chi connectivity index (χ1) is 8.02. The number of benzene rings is 1. The summed E-state index contributed by atoms with van der Waals surface area (Å²) in [5.41, 5.74) is 0.0435. The van der Waals surface area contributed by atoms with E-state index in [4.69, 9.17) is 16.7 Å². The van der Waals surface area contributed by atoms with Gasteiger partial charge in [-0.3, -0.25) is 9.59 Å². The SMILES string of the molecule is O=C(O)CCCNC(=O)c1cccc(F)c1Cl. The normalized spacial score (nSPS) is 10.0. The molecule has 0 aliphatic rings. The first-order valence-electron chi connectivity index (χ1n) is 4.96. The molecule has 1 aromatic carbocycles. The van der Waals surface area contributed by atoms with Crippen molar-refractivity contribution in [3.05, 3.63) is 34.6 Å². The maximum absolute atomic E-state index is 13.0. The Bertz CT molecular complexity index is 437. The number of aliphatic carboxylic acids is 1. The molecule has 17 heavy (non-hydrogen) atoms. The number of hydrogen-bond donors (Lipinski definition) is 2. The summed E-state index contributed by atoms with van der Waals surface area (Å²) in [4.78, 5) is 21.8. The second kappa shape index (κ2) is 6.20. The molecule has 1 amide bonds. The second-order valence-electron chi connectivity index (χ2n) is 3.35. The fourth-order valence-electron chi connectivity index (χ4n) is 1.22. The van der Waals surface area contributed by atoms with Gasteiger partial charge in [0.2, 0.25) is 0 Å². The molecule has 2 N–H and O–H groups in total. The Hall–Kier alpha value is -1.62. The van der Waals surface area contributed by atoms with Crippen molar-refractivity contribution in [2.45, 2.75) is 12.8 Å². The fourth-order valence-corrected chi connectivity index (χ4v) is 1.43. The minimum absolute atomic E-state index is 0.0306. The molecule has 0 aliphatic carbocycles. The second-order valence-corrected chi connectivity index (χ2v) is 3.73. The number of carbonyl (C=O) groups excluding carboxylic acids is 1. The van der Waals surface area contributed by atoms with Gasteiger partial charge in [0.15, 0.2) is 0 Å². The molecule has 0 unspecified atom stereocenters. The van der Waals surface area contributed by atoms with E-state index in [-0.39, 0.29) is 23.6 Å². The van der Waals surface area contributed by atoms with E-state index in [1.165, 1.54) is 12.1 Å². The van der Waals surface area contributed by atoms with Crippen LogP contribution in [0.25, 0.3) is 0 Å². The van der Waals surface area contributed by atoms with Crippen molar-refractivity contribution in [3.8, 4) is 0 Å². The molecule has 0 fully saturated rings. The highest BCUT2D eigenvalue weighted by Crippen LogP contribution is 2.19. The zero-order valence-electron chi connectivity index (χ0n) is 8.87. The van der Waals surface area contributed by atoms with Gasteiger partial charge in [-0.15, -0.1) is 0 Å². The van der Waals surface area contributed by atoms with Gasteiger partial charge in [0, 0.05) is 13.0 Å². The van der Waals surface area contributed by atoms with Gasteiger partial charge < -0.3 is 10.4 Å². The third kappa shape index (κ3) is 4.03. The number of amides is 1. The molecule has 0 spiro atoms. The lowest BCUT2D eigenvalue weighted by atomic mass is 10.2. The smallest absolute Gasteiger partial charge is 0.303 e. The van der Waals surface area contributed by atoms with Crippen molar-refractivity contribution < 1.29 is 19.1 Å². The topological polar surface area (TPSA) is 66.4 Å². The van der Waals surface area contributed by atoms with E-state index in [0.717, 1.165) is 6.07 Å². The van der Waals surface area contributed by atoms with Crippen LogP contribution in [0.3, 0.4) is 0 Å². The number of rotatable bonds is 5. The minimum Gasteiger partial charge on any atom is -0.481 e. The molecule has 1 aromatic rings. The van der Waals surface area contributed by atoms with Crippen LogP contribution in [0, 0.1) is 5.82 Å². The molecule has 4 nitrogen and oxygen atoms in total. The fraction of sp³-hybridized carbons (Fsp3) is 0.273. The predicted octanol–water partition coefficient (Wildman–Crippen LogP) is 2.07. The van der Waals surface area contributed by atoms with Crippen molar-refractivity contribution in [3.63, 3.8) is 0 Å². The van der Waals surface area contributed by atoms with Crippen molar-refractivity contribution >= 4 is 23.5 Å². The van der Waals surface area contributed by atoms with E-state index in [1.807, 2.05) is 0 Å². The summed E-state index contributed by atoms with van der Waals surface area (Å²) >= 11 is 5.62. The number of carboxylic acid groups (broad SMARTS) is 1. The van der Waals surface area contributed by atoms with Gasteiger partial charge in [-0.05, 0) is 18.6 Å². The maximum atomic E-state index is 13.0. The molecule has 0 aliphatic heterocycles. The third-order valence-corrected chi connectivity index (χ3v) is 2.43. The van der Waals surface area contributed by atoms with Crippen LogP contribution in [0.4, 0.5) is 4.39 Å². The molecule has 0 radical (unpaired) electrons. The molecule has 0 aromatic heterocycles. The van der Waals surface area contributed by atoms with Crippen LogP contribution in [0.1, 0.15) is 23.2 Å². The first-order valence-corrected chi connectivity index (χ1v) is 5.34. The van der Waals surface area contributed by atoms with Crippen LogP contribution in [-0.4, -0.2) is 23.5 Å². The van der Waals surface area contributed by atoms with Crippen LogP contribution in [0.15, 0.2) is 18.2 Å². The summed E-state index contributed by atoms with van der Waals surface area (Å²) in [6, 6.07) is 3.94. The van der Waals surface area contributed by atoms with Crippen LogP contribution in [-0.2, 0) is 4.79 Å². The average molecular weight is 260 g/mol. The van der Waals surface area contributed by atoms with Crippen molar-refractivity contribution in [2.75, 3.05) is 6.54 Å². The predicted molar refractivity (Wildman–Crippen MR) is 60.6 cm³/mol. The summed E-state index contributed by atoms with van der Waals surface area (Å²) in [7, 11) is 0. The van der Waals surface area contributed by atoms with Crippen molar-refractivity contribution in [1.29, 1.82) is 0 Å². The molecule has 0 saturated carbocycles. The number of carbonyl (C=O) groups is 2. The van der Waals surface area contributed by atoms with Gasteiger partial charge in [0.1, 0.15) is 5.82 Å². The molecule has 1 rings (SSSR count). The number of carboxylic acids is 1. The van der Waals surface area contributed by atoms with Crippen LogP contribution < -0.4 is 5.32 Å². The monoisotopic (exact) mass is 259 g/mol. The number of halogens is 2. The molecular weight excluding hydrogens is 249 g/mol. The van der Waals surface area contributed by atoms with Crippen molar-refractivity contribution in [2.24, 2.45) is 0 Å². The number of hydrogen-bond acceptors (Lipinski definition) is 2. The lowest BCUT2D eigenvalue weighted by molar-refractivity contribution is -0.137.